The third kappa shape index (κ3) is 2.90. The summed E-state index contributed by atoms with van der Waals surface area (Å²) in [5.41, 5.74) is -0.0732. The highest BCUT2D eigenvalue weighted by Gasteiger charge is 2.40. The van der Waals surface area contributed by atoms with E-state index in [2.05, 4.69) is 6.92 Å². The molecule has 2 saturated carbocycles. The maximum atomic E-state index is 12.3. The van der Waals surface area contributed by atoms with Crippen molar-refractivity contribution in [2.75, 3.05) is 7.11 Å². The molecule has 0 aromatic heterocycles. The average Bonchev–Trinajstić information content (AvgIpc) is 2.33. The van der Waals surface area contributed by atoms with Gasteiger partial charge in [-0.05, 0) is 38.0 Å². The second kappa shape index (κ2) is 5.51. The Labute approximate surface area is 105 Å². The zero-order valence-corrected chi connectivity index (χ0v) is 11.3. The van der Waals surface area contributed by atoms with E-state index in [0.717, 1.165) is 31.6 Å². The van der Waals surface area contributed by atoms with Gasteiger partial charge >= 0.3 is 0 Å². The van der Waals surface area contributed by atoms with Gasteiger partial charge < -0.3 is 4.74 Å². The molecule has 0 aromatic rings. The fourth-order valence-electron chi connectivity index (χ4n) is 3.44. The van der Waals surface area contributed by atoms with Crippen LogP contribution in [0.15, 0.2) is 0 Å². The molecule has 2 rings (SSSR count). The molecule has 0 aliphatic heterocycles. The fourth-order valence-corrected chi connectivity index (χ4v) is 3.44. The maximum Gasteiger partial charge on any atom is 0.138 e. The van der Waals surface area contributed by atoms with Gasteiger partial charge in [0.2, 0.25) is 0 Å². The molecule has 0 N–H and O–H groups in total. The lowest BCUT2D eigenvalue weighted by Crippen LogP contribution is -2.42. The minimum Gasteiger partial charge on any atom is -0.378 e. The van der Waals surface area contributed by atoms with Crippen molar-refractivity contribution < 1.29 is 9.53 Å². The van der Waals surface area contributed by atoms with E-state index < -0.39 is 0 Å². The van der Waals surface area contributed by atoms with Crippen molar-refractivity contribution in [1.29, 1.82) is 0 Å². The number of Topliss-reactive ketones (excluding diaryl/α,β-unsaturated/α-hetero) is 1. The van der Waals surface area contributed by atoms with Gasteiger partial charge in [0.15, 0.2) is 0 Å². The Kier molecular flexibility index (Phi) is 4.24. The molecule has 0 heterocycles. The van der Waals surface area contributed by atoms with Gasteiger partial charge in [-0.25, -0.2) is 0 Å². The smallest absolute Gasteiger partial charge is 0.138 e. The standard InChI is InChI=1S/C15H26O2/c1-3-12-6-4-7-13(10-12)14(16)11-15(17-2)8-5-9-15/h12-13H,3-11H2,1-2H3. The van der Waals surface area contributed by atoms with E-state index in [-0.39, 0.29) is 5.60 Å². The van der Waals surface area contributed by atoms with Crippen molar-refractivity contribution in [2.45, 2.75) is 70.3 Å². The predicted molar refractivity (Wildman–Crippen MR) is 69.0 cm³/mol. The second-order valence-corrected chi connectivity index (χ2v) is 6.02. The highest BCUT2D eigenvalue weighted by Crippen LogP contribution is 2.40. The van der Waals surface area contributed by atoms with E-state index >= 15 is 0 Å². The van der Waals surface area contributed by atoms with Crippen LogP contribution < -0.4 is 0 Å². The van der Waals surface area contributed by atoms with Crippen LogP contribution in [0.1, 0.15) is 64.7 Å². The molecule has 0 aromatic carbocycles. The molecule has 98 valence electrons. The molecule has 0 radical (unpaired) electrons. The van der Waals surface area contributed by atoms with Crippen molar-refractivity contribution in [3.8, 4) is 0 Å². The molecule has 2 heteroatoms. The van der Waals surface area contributed by atoms with Gasteiger partial charge in [-0.1, -0.05) is 26.2 Å². The minimum absolute atomic E-state index is 0.0732. The van der Waals surface area contributed by atoms with E-state index in [0.29, 0.717) is 18.1 Å². The van der Waals surface area contributed by atoms with Gasteiger partial charge in [0, 0.05) is 19.4 Å². The van der Waals surface area contributed by atoms with Crippen LogP contribution in [0.3, 0.4) is 0 Å². The Bertz CT molecular complexity index is 263. The molecule has 0 bridgehead atoms. The first-order valence-corrected chi connectivity index (χ1v) is 7.27. The first-order valence-electron chi connectivity index (χ1n) is 7.27. The van der Waals surface area contributed by atoms with Crippen LogP contribution in [-0.4, -0.2) is 18.5 Å². The lowest BCUT2D eigenvalue weighted by atomic mass is 9.71. The molecule has 2 atom stereocenters. The first-order chi connectivity index (χ1) is 8.19. The summed E-state index contributed by atoms with van der Waals surface area (Å²) in [6.45, 7) is 2.25. The SMILES string of the molecule is CCC1CCCC(C(=O)CC2(OC)CCC2)C1. The van der Waals surface area contributed by atoms with Gasteiger partial charge in [-0.2, -0.15) is 0 Å². The zero-order valence-electron chi connectivity index (χ0n) is 11.3. The first kappa shape index (κ1) is 13.1. The van der Waals surface area contributed by atoms with Crippen LogP contribution in [0.25, 0.3) is 0 Å². The average molecular weight is 238 g/mol. The van der Waals surface area contributed by atoms with E-state index in [1.165, 1.54) is 25.7 Å². The zero-order chi connectivity index (χ0) is 12.3. The highest BCUT2D eigenvalue weighted by molar-refractivity contribution is 5.82. The van der Waals surface area contributed by atoms with Crippen molar-refractivity contribution in [3.05, 3.63) is 0 Å². The topological polar surface area (TPSA) is 26.3 Å². The maximum absolute atomic E-state index is 12.3. The lowest BCUT2D eigenvalue weighted by molar-refractivity contribution is -0.137. The lowest BCUT2D eigenvalue weighted by Gasteiger charge is -2.41. The molecule has 17 heavy (non-hydrogen) atoms. The minimum atomic E-state index is -0.0732. The summed E-state index contributed by atoms with van der Waals surface area (Å²) in [4.78, 5) is 12.3. The van der Waals surface area contributed by atoms with Crippen molar-refractivity contribution in [3.63, 3.8) is 0 Å². The van der Waals surface area contributed by atoms with E-state index in [1.807, 2.05) is 0 Å². The van der Waals surface area contributed by atoms with E-state index in [4.69, 9.17) is 4.74 Å². The van der Waals surface area contributed by atoms with Gasteiger partial charge in [0.25, 0.3) is 0 Å². The highest BCUT2D eigenvalue weighted by atomic mass is 16.5. The summed E-state index contributed by atoms with van der Waals surface area (Å²) in [7, 11) is 1.77. The van der Waals surface area contributed by atoms with Crippen LogP contribution in [0, 0.1) is 11.8 Å². The summed E-state index contributed by atoms with van der Waals surface area (Å²) >= 11 is 0. The summed E-state index contributed by atoms with van der Waals surface area (Å²) in [6, 6.07) is 0. The second-order valence-electron chi connectivity index (χ2n) is 6.02. The Morgan fingerprint density at radius 1 is 1.29 bits per heavy atom. The number of carbonyl (C=O) groups excluding carboxylic acids is 1. The third-order valence-electron chi connectivity index (χ3n) is 5.01. The summed E-state index contributed by atoms with van der Waals surface area (Å²) in [6.07, 6.45) is 10.1. The van der Waals surface area contributed by atoms with Crippen molar-refractivity contribution in [2.24, 2.45) is 11.8 Å². The number of hydrogen-bond donors (Lipinski definition) is 0. The molecule has 2 nitrogen and oxygen atoms in total. The van der Waals surface area contributed by atoms with Gasteiger partial charge in [-0.15, -0.1) is 0 Å². The summed E-state index contributed by atoms with van der Waals surface area (Å²) < 4.78 is 5.57. The predicted octanol–water partition coefficient (Wildman–Crippen LogP) is 3.73. The fraction of sp³-hybridized carbons (Fsp3) is 0.933. The molecule has 2 aliphatic carbocycles. The molecule has 0 saturated heterocycles. The molecule has 2 unspecified atom stereocenters. The van der Waals surface area contributed by atoms with Gasteiger partial charge in [-0.3, -0.25) is 4.79 Å². The Hall–Kier alpha value is -0.370. The normalized spacial score (nSPS) is 31.9. The third-order valence-corrected chi connectivity index (χ3v) is 5.01. The largest absolute Gasteiger partial charge is 0.378 e. The van der Waals surface area contributed by atoms with Crippen LogP contribution in [0.5, 0.6) is 0 Å². The molecule has 0 amide bonds. The van der Waals surface area contributed by atoms with Crippen LogP contribution in [-0.2, 0) is 9.53 Å². The summed E-state index contributed by atoms with van der Waals surface area (Å²) in [5.74, 6) is 1.60. The summed E-state index contributed by atoms with van der Waals surface area (Å²) in [5, 5.41) is 0. The Morgan fingerprint density at radius 2 is 2.06 bits per heavy atom. The molecule has 2 fully saturated rings. The monoisotopic (exact) mass is 238 g/mol. The van der Waals surface area contributed by atoms with Crippen molar-refractivity contribution >= 4 is 5.78 Å². The number of carbonyl (C=O) groups is 1. The van der Waals surface area contributed by atoms with Crippen LogP contribution in [0.4, 0.5) is 0 Å². The number of rotatable bonds is 5. The van der Waals surface area contributed by atoms with Crippen LogP contribution >= 0.6 is 0 Å². The molecular formula is C15H26O2. The number of ketones is 1. The van der Waals surface area contributed by atoms with E-state index in [9.17, 15) is 4.79 Å². The Balaban J connectivity index is 1.86. The van der Waals surface area contributed by atoms with Gasteiger partial charge in [0.1, 0.15) is 5.78 Å². The van der Waals surface area contributed by atoms with Crippen molar-refractivity contribution in [1.82, 2.24) is 0 Å². The van der Waals surface area contributed by atoms with E-state index in [1.54, 1.807) is 7.11 Å². The number of methoxy groups -OCH3 is 1. The number of ether oxygens (including phenoxy) is 1. The van der Waals surface area contributed by atoms with Crippen LogP contribution in [0.2, 0.25) is 0 Å². The Morgan fingerprint density at radius 3 is 2.59 bits per heavy atom. The molecule has 0 spiro atoms. The quantitative estimate of drug-likeness (QED) is 0.729. The van der Waals surface area contributed by atoms with Gasteiger partial charge in [0.05, 0.1) is 5.60 Å². The molecular weight excluding hydrogens is 212 g/mol. The number of hydrogen-bond acceptors (Lipinski definition) is 2. The molecule has 2 aliphatic rings.